The van der Waals surface area contributed by atoms with Crippen LogP contribution in [0.15, 0.2) is 12.3 Å². The summed E-state index contributed by atoms with van der Waals surface area (Å²) >= 11 is 0. The topological polar surface area (TPSA) is 61.0 Å². The first kappa shape index (κ1) is 10.2. The van der Waals surface area contributed by atoms with Crippen LogP contribution in [0.25, 0.3) is 0 Å². The summed E-state index contributed by atoms with van der Waals surface area (Å²) in [6, 6.07) is 1.75. The number of nitrogen functional groups attached to an aromatic ring is 1. The third-order valence-corrected chi connectivity index (χ3v) is 2.84. The lowest BCUT2D eigenvalue weighted by molar-refractivity contribution is 0.203. The molecule has 1 saturated carbocycles. The zero-order valence-corrected chi connectivity index (χ0v) is 8.85. The fourth-order valence-corrected chi connectivity index (χ4v) is 1.99. The van der Waals surface area contributed by atoms with Crippen molar-refractivity contribution in [3.05, 3.63) is 12.3 Å². The number of hydrogen-bond donors (Lipinski definition) is 1. The number of rotatable bonds is 3. The molecule has 4 heteroatoms. The van der Waals surface area contributed by atoms with Crippen LogP contribution in [0.5, 0.6) is 5.88 Å². The van der Waals surface area contributed by atoms with E-state index < -0.39 is 0 Å². The molecule has 1 fully saturated rings. The molecule has 0 bridgehead atoms. The van der Waals surface area contributed by atoms with Crippen LogP contribution in [0.4, 0.5) is 5.95 Å². The third kappa shape index (κ3) is 3.08. The van der Waals surface area contributed by atoms with Gasteiger partial charge < -0.3 is 10.5 Å². The number of ether oxygens (including phenoxy) is 1. The van der Waals surface area contributed by atoms with E-state index in [1.165, 1.54) is 32.1 Å². The van der Waals surface area contributed by atoms with Gasteiger partial charge in [-0.2, -0.15) is 4.98 Å². The molecule has 0 amide bonds. The molecule has 1 heterocycles. The van der Waals surface area contributed by atoms with Gasteiger partial charge in [0.25, 0.3) is 0 Å². The lowest BCUT2D eigenvalue weighted by atomic mass is 9.90. The average Bonchev–Trinajstić information content (AvgIpc) is 2.28. The molecule has 1 aliphatic rings. The quantitative estimate of drug-likeness (QED) is 0.823. The van der Waals surface area contributed by atoms with Crippen molar-refractivity contribution in [3.8, 4) is 5.88 Å². The Kier molecular flexibility index (Phi) is 3.37. The van der Waals surface area contributed by atoms with E-state index in [0.717, 1.165) is 6.61 Å². The Morgan fingerprint density at radius 2 is 2.13 bits per heavy atom. The number of aromatic nitrogens is 2. The van der Waals surface area contributed by atoms with Crippen LogP contribution in [-0.4, -0.2) is 16.6 Å². The summed E-state index contributed by atoms with van der Waals surface area (Å²) in [4.78, 5) is 7.82. The van der Waals surface area contributed by atoms with Crippen LogP contribution in [0, 0.1) is 5.92 Å². The number of nitrogens with two attached hydrogens (primary N) is 1. The van der Waals surface area contributed by atoms with Gasteiger partial charge in [0.05, 0.1) is 6.61 Å². The zero-order valence-electron chi connectivity index (χ0n) is 8.85. The van der Waals surface area contributed by atoms with E-state index in [9.17, 15) is 0 Å². The Morgan fingerprint density at radius 1 is 1.33 bits per heavy atom. The molecular weight excluding hydrogens is 190 g/mol. The van der Waals surface area contributed by atoms with Crippen molar-refractivity contribution in [1.82, 2.24) is 9.97 Å². The fourth-order valence-electron chi connectivity index (χ4n) is 1.99. The van der Waals surface area contributed by atoms with Crippen LogP contribution < -0.4 is 10.5 Å². The maximum Gasteiger partial charge on any atom is 0.223 e. The molecule has 0 aromatic carbocycles. The molecule has 82 valence electrons. The summed E-state index contributed by atoms with van der Waals surface area (Å²) < 4.78 is 5.60. The molecule has 0 radical (unpaired) electrons. The maximum atomic E-state index is 5.60. The van der Waals surface area contributed by atoms with Gasteiger partial charge in [-0.15, -0.1) is 0 Å². The standard InChI is InChI=1S/C11H17N3O/c12-11-13-7-6-10(14-11)15-8-9-4-2-1-3-5-9/h6-7,9H,1-5,8H2,(H2,12,13,14). The molecule has 0 spiro atoms. The van der Waals surface area contributed by atoms with E-state index in [2.05, 4.69) is 9.97 Å². The number of hydrogen-bond acceptors (Lipinski definition) is 4. The van der Waals surface area contributed by atoms with Crippen molar-refractivity contribution in [2.45, 2.75) is 32.1 Å². The largest absolute Gasteiger partial charge is 0.477 e. The van der Waals surface area contributed by atoms with Crippen LogP contribution in [-0.2, 0) is 0 Å². The van der Waals surface area contributed by atoms with E-state index in [-0.39, 0.29) is 5.95 Å². The van der Waals surface area contributed by atoms with Crippen molar-refractivity contribution in [1.29, 1.82) is 0 Å². The van der Waals surface area contributed by atoms with Crippen molar-refractivity contribution >= 4 is 5.95 Å². The lowest BCUT2D eigenvalue weighted by Crippen LogP contribution is -2.15. The first-order chi connectivity index (χ1) is 7.34. The van der Waals surface area contributed by atoms with E-state index >= 15 is 0 Å². The Labute approximate surface area is 89.9 Å². The van der Waals surface area contributed by atoms with Crippen LogP contribution >= 0.6 is 0 Å². The predicted molar refractivity (Wildman–Crippen MR) is 58.5 cm³/mol. The molecule has 4 nitrogen and oxygen atoms in total. The molecule has 1 aliphatic carbocycles. The Balaban J connectivity index is 1.81. The summed E-state index contributed by atoms with van der Waals surface area (Å²) in [5, 5.41) is 0. The Bertz CT molecular complexity index is 310. The highest BCUT2D eigenvalue weighted by Gasteiger charge is 2.14. The van der Waals surface area contributed by atoms with Gasteiger partial charge in [-0.3, -0.25) is 0 Å². The van der Waals surface area contributed by atoms with Crippen molar-refractivity contribution in [3.63, 3.8) is 0 Å². The van der Waals surface area contributed by atoms with Gasteiger partial charge >= 0.3 is 0 Å². The van der Waals surface area contributed by atoms with Crippen LogP contribution in [0.1, 0.15) is 32.1 Å². The monoisotopic (exact) mass is 207 g/mol. The van der Waals surface area contributed by atoms with E-state index in [1.807, 2.05) is 0 Å². The normalized spacial score (nSPS) is 17.6. The maximum absolute atomic E-state index is 5.60. The average molecular weight is 207 g/mol. The fraction of sp³-hybridized carbons (Fsp3) is 0.636. The second kappa shape index (κ2) is 4.96. The number of anilines is 1. The van der Waals surface area contributed by atoms with Gasteiger partial charge in [0, 0.05) is 12.3 Å². The van der Waals surface area contributed by atoms with Gasteiger partial charge in [-0.1, -0.05) is 19.3 Å². The second-order valence-corrected chi connectivity index (χ2v) is 4.07. The minimum atomic E-state index is 0.274. The van der Waals surface area contributed by atoms with E-state index in [4.69, 9.17) is 10.5 Å². The minimum absolute atomic E-state index is 0.274. The van der Waals surface area contributed by atoms with E-state index in [1.54, 1.807) is 12.3 Å². The van der Waals surface area contributed by atoms with Gasteiger partial charge in [0.1, 0.15) is 0 Å². The van der Waals surface area contributed by atoms with Gasteiger partial charge in [0.2, 0.25) is 11.8 Å². The van der Waals surface area contributed by atoms with Crippen molar-refractivity contribution < 1.29 is 4.74 Å². The highest BCUT2D eigenvalue weighted by Crippen LogP contribution is 2.24. The summed E-state index contributed by atoms with van der Waals surface area (Å²) in [6.07, 6.45) is 8.22. The highest BCUT2D eigenvalue weighted by molar-refractivity contribution is 5.20. The van der Waals surface area contributed by atoms with E-state index in [0.29, 0.717) is 11.8 Å². The Morgan fingerprint density at radius 3 is 2.87 bits per heavy atom. The number of nitrogens with zero attached hydrogens (tertiary/aromatic N) is 2. The molecule has 15 heavy (non-hydrogen) atoms. The van der Waals surface area contributed by atoms with Crippen molar-refractivity contribution in [2.24, 2.45) is 5.92 Å². The SMILES string of the molecule is Nc1nccc(OCC2CCCCC2)n1. The predicted octanol–water partition coefficient (Wildman–Crippen LogP) is 2.02. The summed E-state index contributed by atoms with van der Waals surface area (Å²) in [5.74, 6) is 1.55. The minimum Gasteiger partial charge on any atom is -0.477 e. The highest BCUT2D eigenvalue weighted by atomic mass is 16.5. The summed E-state index contributed by atoms with van der Waals surface area (Å²) in [7, 11) is 0. The lowest BCUT2D eigenvalue weighted by Gasteiger charge is -2.21. The molecule has 1 aromatic heterocycles. The summed E-state index contributed by atoms with van der Waals surface area (Å²) in [5.41, 5.74) is 5.47. The van der Waals surface area contributed by atoms with Crippen LogP contribution in [0.3, 0.4) is 0 Å². The molecule has 2 rings (SSSR count). The Hall–Kier alpha value is -1.32. The second-order valence-electron chi connectivity index (χ2n) is 4.07. The summed E-state index contributed by atoms with van der Waals surface area (Å²) in [6.45, 7) is 0.760. The van der Waals surface area contributed by atoms with Crippen molar-refractivity contribution in [2.75, 3.05) is 12.3 Å². The molecule has 2 N–H and O–H groups in total. The first-order valence-electron chi connectivity index (χ1n) is 5.56. The van der Waals surface area contributed by atoms with Gasteiger partial charge in [-0.05, 0) is 18.8 Å². The first-order valence-corrected chi connectivity index (χ1v) is 5.56. The van der Waals surface area contributed by atoms with Crippen LogP contribution in [0.2, 0.25) is 0 Å². The van der Waals surface area contributed by atoms with Gasteiger partial charge in [-0.25, -0.2) is 4.98 Å². The zero-order chi connectivity index (χ0) is 10.5. The van der Waals surface area contributed by atoms with Gasteiger partial charge in [0.15, 0.2) is 0 Å². The molecule has 1 aromatic rings. The molecular formula is C11H17N3O. The molecule has 0 unspecified atom stereocenters. The molecule has 0 aliphatic heterocycles. The smallest absolute Gasteiger partial charge is 0.223 e. The molecule has 0 atom stereocenters. The third-order valence-electron chi connectivity index (χ3n) is 2.84. The molecule has 0 saturated heterocycles.